The first kappa shape index (κ1) is 12.4. The van der Waals surface area contributed by atoms with Crippen LogP contribution in [0.1, 0.15) is 11.3 Å². The molecule has 0 saturated heterocycles. The molecule has 0 saturated carbocycles. The predicted molar refractivity (Wildman–Crippen MR) is 77.8 cm³/mol. The molecule has 0 N–H and O–H groups in total. The molecule has 0 atom stereocenters. The molecule has 0 fully saturated rings. The van der Waals surface area contributed by atoms with E-state index in [4.69, 9.17) is 0 Å². The number of imidazole rings is 1. The van der Waals surface area contributed by atoms with Crippen molar-refractivity contribution < 1.29 is 4.39 Å². The van der Waals surface area contributed by atoms with Crippen LogP contribution in [-0.2, 0) is 0 Å². The first-order chi connectivity index (χ1) is 9.06. The van der Waals surface area contributed by atoms with Gasteiger partial charge in [-0.1, -0.05) is 0 Å². The number of benzene rings is 1. The standard InChI is InChI=1S/C15H12BrFN2/c1-9-5-10(2)19-14(8-18-15(19)6-9)12-4-3-11(17)7-13(12)16/h3-8H,1-2H3. The molecule has 3 rings (SSSR count). The van der Waals surface area contributed by atoms with Crippen LogP contribution >= 0.6 is 15.9 Å². The third-order valence-electron chi connectivity index (χ3n) is 3.14. The van der Waals surface area contributed by atoms with Crippen molar-refractivity contribution in [2.75, 3.05) is 0 Å². The number of aromatic nitrogens is 2. The molecule has 0 amide bonds. The van der Waals surface area contributed by atoms with Crippen LogP contribution in [0.15, 0.2) is 41.0 Å². The zero-order valence-electron chi connectivity index (χ0n) is 10.6. The lowest BCUT2D eigenvalue weighted by atomic mass is 10.1. The molecule has 0 unspecified atom stereocenters. The van der Waals surface area contributed by atoms with Gasteiger partial charge in [0.05, 0.1) is 11.9 Å². The number of hydrogen-bond acceptors (Lipinski definition) is 1. The summed E-state index contributed by atoms with van der Waals surface area (Å²) >= 11 is 3.41. The Kier molecular flexibility index (Phi) is 2.90. The minimum atomic E-state index is -0.253. The van der Waals surface area contributed by atoms with Gasteiger partial charge in [0, 0.05) is 15.7 Å². The summed E-state index contributed by atoms with van der Waals surface area (Å²) in [6.07, 6.45) is 1.82. The van der Waals surface area contributed by atoms with E-state index < -0.39 is 0 Å². The van der Waals surface area contributed by atoms with Crippen LogP contribution in [0.4, 0.5) is 4.39 Å². The molecule has 2 nitrogen and oxygen atoms in total. The SMILES string of the molecule is Cc1cc(C)n2c(-c3ccc(F)cc3Br)cnc2c1. The highest BCUT2D eigenvalue weighted by Gasteiger charge is 2.11. The summed E-state index contributed by atoms with van der Waals surface area (Å²) in [5, 5.41) is 0. The van der Waals surface area contributed by atoms with Gasteiger partial charge in [-0.3, -0.25) is 4.40 Å². The molecule has 0 aliphatic carbocycles. The second-order valence-electron chi connectivity index (χ2n) is 4.64. The number of pyridine rings is 1. The maximum atomic E-state index is 13.2. The molecule has 0 aliphatic heterocycles. The Hall–Kier alpha value is -1.68. The summed E-state index contributed by atoms with van der Waals surface area (Å²) in [5.41, 5.74) is 5.09. The second kappa shape index (κ2) is 4.46. The summed E-state index contributed by atoms with van der Waals surface area (Å²) in [6.45, 7) is 4.10. The molecule has 0 aliphatic rings. The molecule has 2 aromatic heterocycles. The molecule has 0 bridgehead atoms. The van der Waals surface area contributed by atoms with Crippen LogP contribution in [0.3, 0.4) is 0 Å². The summed E-state index contributed by atoms with van der Waals surface area (Å²) in [5.74, 6) is -0.253. The Morgan fingerprint density at radius 1 is 1.16 bits per heavy atom. The van der Waals surface area contributed by atoms with E-state index in [9.17, 15) is 4.39 Å². The number of aryl methyl sites for hydroxylation is 2. The summed E-state index contributed by atoms with van der Waals surface area (Å²) < 4.78 is 16.0. The Morgan fingerprint density at radius 3 is 2.68 bits per heavy atom. The largest absolute Gasteiger partial charge is 0.297 e. The molecular formula is C15H12BrFN2. The van der Waals surface area contributed by atoms with Gasteiger partial charge in [-0.15, -0.1) is 0 Å². The van der Waals surface area contributed by atoms with Gasteiger partial charge in [0.15, 0.2) is 0 Å². The van der Waals surface area contributed by atoms with E-state index >= 15 is 0 Å². The first-order valence-corrected chi connectivity index (χ1v) is 6.75. The fourth-order valence-electron chi connectivity index (χ4n) is 2.37. The van der Waals surface area contributed by atoms with Gasteiger partial charge in [-0.25, -0.2) is 9.37 Å². The van der Waals surface area contributed by atoms with Gasteiger partial charge >= 0.3 is 0 Å². The molecule has 3 aromatic rings. The van der Waals surface area contributed by atoms with Crippen molar-refractivity contribution in [3.63, 3.8) is 0 Å². The van der Waals surface area contributed by atoms with E-state index in [0.717, 1.165) is 27.1 Å². The second-order valence-corrected chi connectivity index (χ2v) is 5.49. The van der Waals surface area contributed by atoms with E-state index in [1.165, 1.54) is 17.7 Å². The Bertz CT molecular complexity index is 777. The van der Waals surface area contributed by atoms with Gasteiger partial charge in [0.25, 0.3) is 0 Å². The van der Waals surface area contributed by atoms with Crippen molar-refractivity contribution in [2.45, 2.75) is 13.8 Å². The minimum absolute atomic E-state index is 0.253. The summed E-state index contributed by atoms with van der Waals surface area (Å²) in [7, 11) is 0. The molecule has 2 heterocycles. The van der Waals surface area contributed by atoms with Crippen LogP contribution < -0.4 is 0 Å². The van der Waals surface area contributed by atoms with Crippen molar-refractivity contribution in [3.8, 4) is 11.3 Å². The lowest BCUT2D eigenvalue weighted by molar-refractivity contribution is 0.627. The van der Waals surface area contributed by atoms with Gasteiger partial charge in [-0.2, -0.15) is 0 Å². The summed E-state index contributed by atoms with van der Waals surface area (Å²) in [4.78, 5) is 4.43. The maximum Gasteiger partial charge on any atom is 0.137 e. The molecule has 1 aromatic carbocycles. The highest BCUT2D eigenvalue weighted by molar-refractivity contribution is 9.10. The van der Waals surface area contributed by atoms with Crippen LogP contribution in [0.5, 0.6) is 0 Å². The Balaban J connectivity index is 2.31. The van der Waals surface area contributed by atoms with E-state index in [2.05, 4.69) is 38.3 Å². The Morgan fingerprint density at radius 2 is 1.95 bits per heavy atom. The molecule has 19 heavy (non-hydrogen) atoms. The average Bonchev–Trinajstić information content (AvgIpc) is 2.72. The fourth-order valence-corrected chi connectivity index (χ4v) is 2.92. The van der Waals surface area contributed by atoms with Gasteiger partial charge in [0.2, 0.25) is 0 Å². The van der Waals surface area contributed by atoms with Gasteiger partial charge in [-0.05, 0) is 65.7 Å². The predicted octanol–water partition coefficient (Wildman–Crippen LogP) is 4.52. The highest BCUT2D eigenvalue weighted by atomic mass is 79.9. The number of hydrogen-bond donors (Lipinski definition) is 0. The first-order valence-electron chi connectivity index (χ1n) is 5.96. The minimum Gasteiger partial charge on any atom is -0.297 e. The van der Waals surface area contributed by atoms with E-state index in [1.807, 2.05) is 19.2 Å². The van der Waals surface area contributed by atoms with Gasteiger partial charge in [0.1, 0.15) is 11.5 Å². The quantitative estimate of drug-likeness (QED) is 0.644. The molecule has 0 spiro atoms. The zero-order valence-corrected chi connectivity index (χ0v) is 12.2. The molecular weight excluding hydrogens is 307 g/mol. The van der Waals surface area contributed by atoms with Crippen LogP contribution in [0, 0.1) is 19.7 Å². The van der Waals surface area contributed by atoms with Crippen molar-refractivity contribution in [2.24, 2.45) is 0 Å². The lowest BCUT2D eigenvalue weighted by Crippen LogP contribution is -1.95. The number of rotatable bonds is 1. The maximum absolute atomic E-state index is 13.2. The fraction of sp³-hybridized carbons (Fsp3) is 0.133. The van der Waals surface area contributed by atoms with Crippen LogP contribution in [0.25, 0.3) is 16.9 Å². The van der Waals surface area contributed by atoms with Crippen LogP contribution in [-0.4, -0.2) is 9.38 Å². The third kappa shape index (κ3) is 2.06. The van der Waals surface area contributed by atoms with Crippen molar-refractivity contribution in [3.05, 3.63) is 58.1 Å². The van der Waals surface area contributed by atoms with Crippen LogP contribution in [0.2, 0.25) is 0 Å². The smallest absolute Gasteiger partial charge is 0.137 e. The highest BCUT2D eigenvalue weighted by Crippen LogP contribution is 2.30. The van der Waals surface area contributed by atoms with Crippen molar-refractivity contribution >= 4 is 21.6 Å². The van der Waals surface area contributed by atoms with Gasteiger partial charge < -0.3 is 0 Å². The zero-order chi connectivity index (χ0) is 13.6. The Labute approximate surface area is 119 Å². The normalized spacial score (nSPS) is 11.2. The van der Waals surface area contributed by atoms with Crippen molar-refractivity contribution in [1.29, 1.82) is 0 Å². The van der Waals surface area contributed by atoms with Crippen molar-refractivity contribution in [1.82, 2.24) is 9.38 Å². The van der Waals surface area contributed by atoms with E-state index in [-0.39, 0.29) is 5.82 Å². The van der Waals surface area contributed by atoms with E-state index in [0.29, 0.717) is 0 Å². The third-order valence-corrected chi connectivity index (χ3v) is 3.80. The lowest BCUT2D eigenvalue weighted by Gasteiger charge is -2.08. The number of halogens is 2. The topological polar surface area (TPSA) is 17.3 Å². The molecule has 0 radical (unpaired) electrons. The number of fused-ring (bicyclic) bond motifs is 1. The van der Waals surface area contributed by atoms with E-state index in [1.54, 1.807) is 6.07 Å². The average molecular weight is 319 g/mol. The summed E-state index contributed by atoms with van der Waals surface area (Å²) in [6, 6.07) is 8.84. The molecule has 4 heteroatoms. The monoisotopic (exact) mass is 318 g/mol. The number of nitrogens with zero attached hydrogens (tertiary/aromatic N) is 2. The molecule has 96 valence electrons.